The van der Waals surface area contributed by atoms with Gasteiger partial charge in [0.25, 0.3) is 10.1 Å². The molecule has 0 N–H and O–H groups in total. The van der Waals surface area contributed by atoms with Crippen molar-refractivity contribution in [3.8, 4) is 11.8 Å². The third-order valence-electron chi connectivity index (χ3n) is 1.98. The predicted molar refractivity (Wildman–Crippen MR) is 66.9 cm³/mol. The first-order valence-corrected chi connectivity index (χ1v) is 6.52. The van der Waals surface area contributed by atoms with E-state index in [1.807, 2.05) is 6.92 Å². The molecular formula is C13H14O3S. The highest BCUT2D eigenvalue weighted by molar-refractivity contribution is 7.86. The highest BCUT2D eigenvalue weighted by Gasteiger charge is 2.13. The van der Waals surface area contributed by atoms with E-state index in [1.54, 1.807) is 12.1 Å². The Morgan fingerprint density at radius 3 is 2.59 bits per heavy atom. The first-order valence-electron chi connectivity index (χ1n) is 5.11. The van der Waals surface area contributed by atoms with Crippen LogP contribution in [0.2, 0.25) is 0 Å². The van der Waals surface area contributed by atoms with Gasteiger partial charge in [0.15, 0.2) is 0 Å². The maximum Gasteiger partial charge on any atom is 0.297 e. The lowest BCUT2D eigenvalue weighted by Crippen LogP contribution is -2.07. The van der Waals surface area contributed by atoms with Gasteiger partial charge < -0.3 is 0 Å². The molecule has 0 saturated heterocycles. The summed E-state index contributed by atoms with van der Waals surface area (Å²) in [6, 6.07) is 6.52. The summed E-state index contributed by atoms with van der Waals surface area (Å²) in [4.78, 5) is 0.166. The molecule has 0 saturated carbocycles. The largest absolute Gasteiger partial charge is 0.297 e. The van der Waals surface area contributed by atoms with E-state index in [2.05, 4.69) is 18.4 Å². The molecule has 3 nitrogen and oxygen atoms in total. The molecule has 17 heavy (non-hydrogen) atoms. The highest BCUT2D eigenvalue weighted by atomic mass is 32.2. The van der Waals surface area contributed by atoms with E-state index in [-0.39, 0.29) is 11.5 Å². The normalized spacial score (nSPS) is 10.4. The van der Waals surface area contributed by atoms with Gasteiger partial charge in [-0.05, 0) is 25.1 Å². The third-order valence-corrected chi connectivity index (χ3v) is 3.31. The molecule has 0 radical (unpaired) electrons. The average Bonchev–Trinajstić information content (AvgIpc) is 2.29. The third kappa shape index (κ3) is 4.43. The van der Waals surface area contributed by atoms with Crippen molar-refractivity contribution in [2.24, 2.45) is 0 Å². The van der Waals surface area contributed by atoms with Crippen molar-refractivity contribution >= 4 is 10.1 Å². The van der Waals surface area contributed by atoms with E-state index >= 15 is 0 Å². The summed E-state index contributed by atoms with van der Waals surface area (Å²) in [5.74, 6) is 5.33. The summed E-state index contributed by atoms with van der Waals surface area (Å²) in [6.07, 6.45) is 1.81. The van der Waals surface area contributed by atoms with E-state index < -0.39 is 10.1 Å². The molecule has 4 heteroatoms. The predicted octanol–water partition coefficient (Wildman–Crippen LogP) is 2.28. The van der Waals surface area contributed by atoms with E-state index in [1.165, 1.54) is 18.2 Å². The van der Waals surface area contributed by atoms with Gasteiger partial charge in [-0.1, -0.05) is 36.1 Å². The Balaban J connectivity index is 2.63. The Morgan fingerprint density at radius 2 is 2.00 bits per heavy atom. The summed E-state index contributed by atoms with van der Waals surface area (Å²) in [5, 5.41) is 0. The zero-order chi connectivity index (χ0) is 12.7. The van der Waals surface area contributed by atoms with Crippen molar-refractivity contribution in [1.82, 2.24) is 0 Å². The Kier molecular flexibility index (Phi) is 4.95. The van der Waals surface area contributed by atoms with Crippen molar-refractivity contribution in [3.05, 3.63) is 42.5 Å². The van der Waals surface area contributed by atoms with Crippen molar-refractivity contribution in [3.63, 3.8) is 0 Å². The van der Waals surface area contributed by atoms with Crippen LogP contribution in [0.1, 0.15) is 12.0 Å². The van der Waals surface area contributed by atoms with Gasteiger partial charge in [-0.2, -0.15) is 8.42 Å². The van der Waals surface area contributed by atoms with Gasteiger partial charge in [0.1, 0.15) is 0 Å². The van der Waals surface area contributed by atoms with Crippen LogP contribution in [0, 0.1) is 18.8 Å². The molecule has 1 aromatic carbocycles. The van der Waals surface area contributed by atoms with Crippen LogP contribution >= 0.6 is 0 Å². The molecule has 0 fully saturated rings. The number of hydrogen-bond donors (Lipinski definition) is 0. The minimum absolute atomic E-state index is 0.0526. The highest BCUT2D eigenvalue weighted by Crippen LogP contribution is 2.13. The van der Waals surface area contributed by atoms with Crippen LogP contribution < -0.4 is 0 Å². The monoisotopic (exact) mass is 250 g/mol. The standard InChI is InChI=1S/C13H14O3S/c1-3-4-5-6-11-16-17(14,15)13-9-7-12(2)8-10-13/h3,7-10H,1,6,11H2,2H3. The van der Waals surface area contributed by atoms with E-state index in [0.29, 0.717) is 6.42 Å². The number of benzene rings is 1. The SMILES string of the molecule is C=CC#CCCOS(=O)(=O)c1ccc(C)cc1. The second-order valence-corrected chi connectivity index (χ2v) is 4.98. The lowest BCUT2D eigenvalue weighted by molar-refractivity contribution is 0.326. The maximum atomic E-state index is 11.7. The Bertz CT molecular complexity index is 530. The number of rotatable bonds is 4. The Labute approximate surface area is 102 Å². The van der Waals surface area contributed by atoms with E-state index in [4.69, 9.17) is 4.18 Å². The summed E-state index contributed by atoms with van der Waals surface area (Å²) >= 11 is 0. The summed E-state index contributed by atoms with van der Waals surface area (Å²) < 4.78 is 28.2. The molecule has 0 amide bonds. The molecule has 0 aliphatic heterocycles. The number of allylic oxidation sites excluding steroid dienone is 1. The second-order valence-electron chi connectivity index (χ2n) is 3.36. The van der Waals surface area contributed by atoms with Crippen molar-refractivity contribution in [2.75, 3.05) is 6.61 Å². The Morgan fingerprint density at radius 1 is 1.35 bits per heavy atom. The summed E-state index contributed by atoms with van der Waals surface area (Å²) in [7, 11) is -3.66. The molecule has 0 atom stereocenters. The van der Waals surface area contributed by atoms with Crippen LogP contribution in [0.4, 0.5) is 0 Å². The molecule has 0 aromatic heterocycles. The summed E-state index contributed by atoms with van der Waals surface area (Å²) in [6.45, 7) is 5.37. The van der Waals surface area contributed by atoms with E-state index in [0.717, 1.165) is 5.56 Å². The fourth-order valence-electron chi connectivity index (χ4n) is 1.12. The fraction of sp³-hybridized carbons (Fsp3) is 0.231. The van der Waals surface area contributed by atoms with Gasteiger partial charge in [0.2, 0.25) is 0 Å². The molecule has 0 spiro atoms. The smallest absolute Gasteiger partial charge is 0.265 e. The molecule has 1 rings (SSSR count). The molecule has 0 unspecified atom stereocenters. The molecule has 0 bridgehead atoms. The van der Waals surface area contributed by atoms with Crippen LogP contribution in [-0.4, -0.2) is 15.0 Å². The molecule has 1 aromatic rings. The lowest BCUT2D eigenvalue weighted by Gasteiger charge is -2.03. The zero-order valence-electron chi connectivity index (χ0n) is 9.64. The van der Waals surface area contributed by atoms with Crippen LogP contribution in [-0.2, 0) is 14.3 Å². The van der Waals surface area contributed by atoms with Gasteiger partial charge in [-0.15, -0.1) is 0 Å². The zero-order valence-corrected chi connectivity index (χ0v) is 10.5. The van der Waals surface area contributed by atoms with Crippen molar-refractivity contribution in [1.29, 1.82) is 0 Å². The van der Waals surface area contributed by atoms with E-state index in [9.17, 15) is 8.42 Å². The molecule has 90 valence electrons. The van der Waals surface area contributed by atoms with Crippen LogP contribution in [0.5, 0.6) is 0 Å². The van der Waals surface area contributed by atoms with Gasteiger partial charge in [0, 0.05) is 6.42 Å². The fourth-order valence-corrected chi connectivity index (χ4v) is 2.03. The topological polar surface area (TPSA) is 43.4 Å². The number of aryl methyl sites for hydroxylation is 1. The van der Waals surface area contributed by atoms with Gasteiger partial charge >= 0.3 is 0 Å². The van der Waals surface area contributed by atoms with Crippen LogP contribution in [0.3, 0.4) is 0 Å². The molecular weight excluding hydrogens is 236 g/mol. The van der Waals surface area contributed by atoms with Crippen molar-refractivity contribution in [2.45, 2.75) is 18.2 Å². The minimum Gasteiger partial charge on any atom is -0.265 e. The quantitative estimate of drug-likeness (QED) is 0.468. The Hall–Kier alpha value is -1.57. The summed E-state index contributed by atoms with van der Waals surface area (Å²) in [5.41, 5.74) is 1.00. The van der Waals surface area contributed by atoms with Gasteiger partial charge in [-0.3, -0.25) is 4.18 Å². The first kappa shape index (κ1) is 13.5. The average molecular weight is 250 g/mol. The minimum atomic E-state index is -3.66. The molecule has 0 aliphatic carbocycles. The first-order chi connectivity index (χ1) is 8.06. The molecule has 0 aliphatic rings. The lowest BCUT2D eigenvalue weighted by atomic mass is 10.2. The van der Waals surface area contributed by atoms with Gasteiger partial charge in [-0.25, -0.2) is 0 Å². The molecule has 0 heterocycles. The van der Waals surface area contributed by atoms with Crippen LogP contribution in [0.25, 0.3) is 0 Å². The maximum absolute atomic E-state index is 11.7. The van der Waals surface area contributed by atoms with Crippen molar-refractivity contribution < 1.29 is 12.6 Å². The van der Waals surface area contributed by atoms with Gasteiger partial charge in [0.05, 0.1) is 11.5 Å². The second kappa shape index (κ2) is 6.24. The number of hydrogen-bond acceptors (Lipinski definition) is 3. The van der Waals surface area contributed by atoms with Crippen LogP contribution in [0.15, 0.2) is 41.8 Å².